The van der Waals surface area contributed by atoms with Crippen molar-refractivity contribution in [1.82, 2.24) is 0 Å². The third-order valence-corrected chi connectivity index (χ3v) is 3.79. The van der Waals surface area contributed by atoms with E-state index < -0.39 is 6.10 Å². The molecule has 2 rings (SSSR count). The zero-order valence-electron chi connectivity index (χ0n) is 11.8. The standard InChI is InChI=1S/C16H16Cl2O3/c1-20-14-7-6-11(17)8-10(14)9-13(19)16-12(18)4-3-5-15(16)21-2/h3-8,13,19H,9H2,1-2H3. The Kier molecular flexibility index (Phi) is 5.34. The van der Waals surface area contributed by atoms with E-state index in [9.17, 15) is 5.11 Å². The van der Waals surface area contributed by atoms with Crippen LogP contribution in [0.15, 0.2) is 36.4 Å². The highest BCUT2D eigenvalue weighted by Gasteiger charge is 2.19. The molecule has 1 unspecified atom stereocenters. The van der Waals surface area contributed by atoms with Crippen LogP contribution in [0, 0.1) is 0 Å². The number of benzene rings is 2. The van der Waals surface area contributed by atoms with Gasteiger partial charge in [0.25, 0.3) is 0 Å². The third-order valence-electron chi connectivity index (χ3n) is 3.22. The summed E-state index contributed by atoms with van der Waals surface area (Å²) in [4.78, 5) is 0. The number of rotatable bonds is 5. The monoisotopic (exact) mass is 326 g/mol. The fourth-order valence-electron chi connectivity index (χ4n) is 2.24. The zero-order valence-corrected chi connectivity index (χ0v) is 13.3. The quantitative estimate of drug-likeness (QED) is 0.890. The summed E-state index contributed by atoms with van der Waals surface area (Å²) in [5, 5.41) is 11.6. The summed E-state index contributed by atoms with van der Waals surface area (Å²) in [5.74, 6) is 1.22. The van der Waals surface area contributed by atoms with E-state index >= 15 is 0 Å². The van der Waals surface area contributed by atoms with Gasteiger partial charge in [0.1, 0.15) is 11.5 Å². The molecule has 0 saturated carbocycles. The third kappa shape index (κ3) is 3.62. The van der Waals surface area contributed by atoms with Gasteiger partial charge in [-0.3, -0.25) is 0 Å². The number of aliphatic hydroxyl groups excluding tert-OH is 1. The van der Waals surface area contributed by atoms with E-state index in [0.717, 1.165) is 5.56 Å². The van der Waals surface area contributed by atoms with E-state index in [4.69, 9.17) is 32.7 Å². The van der Waals surface area contributed by atoms with E-state index in [1.165, 1.54) is 0 Å². The zero-order chi connectivity index (χ0) is 15.4. The van der Waals surface area contributed by atoms with Crippen LogP contribution in [-0.4, -0.2) is 19.3 Å². The average molecular weight is 327 g/mol. The molecule has 5 heteroatoms. The first-order chi connectivity index (χ1) is 10.1. The second-order valence-corrected chi connectivity index (χ2v) is 5.38. The molecule has 0 aliphatic heterocycles. The first-order valence-corrected chi connectivity index (χ1v) is 7.15. The maximum atomic E-state index is 10.5. The Hall–Kier alpha value is -1.42. The van der Waals surface area contributed by atoms with Gasteiger partial charge in [-0.05, 0) is 35.9 Å². The minimum Gasteiger partial charge on any atom is -0.496 e. The van der Waals surface area contributed by atoms with Gasteiger partial charge in [0.2, 0.25) is 0 Å². The van der Waals surface area contributed by atoms with Gasteiger partial charge in [0.15, 0.2) is 0 Å². The van der Waals surface area contributed by atoms with Gasteiger partial charge in [-0.2, -0.15) is 0 Å². The predicted octanol–water partition coefficient (Wildman–Crippen LogP) is 4.29. The Morgan fingerprint density at radius 3 is 2.43 bits per heavy atom. The van der Waals surface area contributed by atoms with E-state index in [1.54, 1.807) is 50.6 Å². The molecule has 0 aromatic heterocycles. The number of hydrogen-bond acceptors (Lipinski definition) is 3. The topological polar surface area (TPSA) is 38.7 Å². The van der Waals surface area contributed by atoms with Gasteiger partial charge in [-0.1, -0.05) is 29.3 Å². The van der Waals surface area contributed by atoms with Gasteiger partial charge in [-0.25, -0.2) is 0 Å². The van der Waals surface area contributed by atoms with Crippen molar-refractivity contribution in [3.63, 3.8) is 0 Å². The van der Waals surface area contributed by atoms with Crippen LogP contribution in [-0.2, 0) is 6.42 Å². The van der Waals surface area contributed by atoms with E-state index in [2.05, 4.69) is 0 Å². The van der Waals surface area contributed by atoms with Crippen molar-refractivity contribution in [3.05, 3.63) is 57.6 Å². The summed E-state index contributed by atoms with van der Waals surface area (Å²) in [6.45, 7) is 0. The molecule has 0 aliphatic carbocycles. The highest BCUT2D eigenvalue weighted by Crippen LogP contribution is 2.35. The lowest BCUT2D eigenvalue weighted by Crippen LogP contribution is -2.06. The number of methoxy groups -OCH3 is 2. The molecule has 0 bridgehead atoms. The van der Waals surface area contributed by atoms with E-state index in [0.29, 0.717) is 33.5 Å². The maximum Gasteiger partial charge on any atom is 0.126 e. The molecule has 1 N–H and O–H groups in total. The number of hydrogen-bond donors (Lipinski definition) is 1. The summed E-state index contributed by atoms with van der Waals surface area (Å²) in [5.41, 5.74) is 1.36. The Morgan fingerprint density at radius 1 is 1.05 bits per heavy atom. The summed E-state index contributed by atoms with van der Waals surface area (Å²) in [6.07, 6.45) is -0.495. The lowest BCUT2D eigenvalue weighted by Gasteiger charge is -2.18. The van der Waals surface area contributed by atoms with Gasteiger partial charge < -0.3 is 14.6 Å². The van der Waals surface area contributed by atoms with Gasteiger partial charge in [-0.15, -0.1) is 0 Å². The number of aliphatic hydroxyl groups is 1. The maximum absolute atomic E-state index is 10.5. The molecule has 3 nitrogen and oxygen atoms in total. The van der Waals surface area contributed by atoms with Gasteiger partial charge in [0, 0.05) is 17.0 Å². The van der Waals surface area contributed by atoms with Crippen molar-refractivity contribution in [1.29, 1.82) is 0 Å². The average Bonchev–Trinajstić information content (AvgIpc) is 2.47. The first-order valence-electron chi connectivity index (χ1n) is 6.39. The molecule has 0 aliphatic rings. The minimum atomic E-state index is -0.819. The molecular formula is C16H16Cl2O3. The van der Waals surface area contributed by atoms with Crippen LogP contribution >= 0.6 is 23.2 Å². The fourth-order valence-corrected chi connectivity index (χ4v) is 2.72. The highest BCUT2D eigenvalue weighted by atomic mass is 35.5. The van der Waals surface area contributed by atoms with Crippen LogP contribution < -0.4 is 9.47 Å². The van der Waals surface area contributed by atoms with Crippen LogP contribution in [0.25, 0.3) is 0 Å². The molecule has 21 heavy (non-hydrogen) atoms. The fraction of sp³-hybridized carbons (Fsp3) is 0.250. The summed E-state index contributed by atoms with van der Waals surface area (Å²) in [7, 11) is 3.12. The molecule has 112 valence electrons. The summed E-state index contributed by atoms with van der Waals surface area (Å²) in [6, 6.07) is 10.5. The van der Waals surface area contributed by atoms with Crippen molar-refractivity contribution in [2.24, 2.45) is 0 Å². The Labute approximate surface area is 134 Å². The van der Waals surface area contributed by atoms with Crippen LogP contribution in [0.5, 0.6) is 11.5 Å². The van der Waals surface area contributed by atoms with E-state index in [-0.39, 0.29) is 0 Å². The van der Waals surface area contributed by atoms with Crippen molar-refractivity contribution >= 4 is 23.2 Å². The molecule has 0 amide bonds. The lowest BCUT2D eigenvalue weighted by atomic mass is 10.00. The normalized spacial score (nSPS) is 12.0. The van der Waals surface area contributed by atoms with E-state index in [1.807, 2.05) is 0 Å². The number of halogens is 2. The molecular weight excluding hydrogens is 311 g/mol. The molecule has 2 aromatic carbocycles. The van der Waals surface area contributed by atoms with Crippen LogP contribution in [0.2, 0.25) is 10.0 Å². The second kappa shape index (κ2) is 7.03. The SMILES string of the molecule is COc1ccc(Cl)cc1CC(O)c1c(Cl)cccc1OC. The lowest BCUT2D eigenvalue weighted by molar-refractivity contribution is 0.173. The van der Waals surface area contributed by atoms with Crippen molar-refractivity contribution in [3.8, 4) is 11.5 Å². The highest BCUT2D eigenvalue weighted by molar-refractivity contribution is 6.31. The van der Waals surface area contributed by atoms with Gasteiger partial charge in [0.05, 0.1) is 25.3 Å². The predicted molar refractivity (Wildman–Crippen MR) is 84.7 cm³/mol. The summed E-state index contributed by atoms with van der Waals surface area (Å²) < 4.78 is 10.6. The Morgan fingerprint density at radius 2 is 1.76 bits per heavy atom. The minimum absolute atomic E-state index is 0.323. The van der Waals surface area contributed by atoms with Crippen LogP contribution in [0.3, 0.4) is 0 Å². The first kappa shape index (κ1) is 16.0. The molecule has 0 radical (unpaired) electrons. The molecule has 1 atom stereocenters. The summed E-state index contributed by atoms with van der Waals surface area (Å²) >= 11 is 12.2. The van der Waals surface area contributed by atoms with Crippen LogP contribution in [0.4, 0.5) is 0 Å². The molecule has 0 fully saturated rings. The van der Waals surface area contributed by atoms with Crippen molar-refractivity contribution in [2.45, 2.75) is 12.5 Å². The molecule has 0 heterocycles. The smallest absolute Gasteiger partial charge is 0.126 e. The molecule has 2 aromatic rings. The molecule has 0 spiro atoms. The van der Waals surface area contributed by atoms with Crippen LogP contribution in [0.1, 0.15) is 17.2 Å². The van der Waals surface area contributed by atoms with Crippen molar-refractivity contribution < 1.29 is 14.6 Å². The van der Waals surface area contributed by atoms with Gasteiger partial charge >= 0.3 is 0 Å². The Bertz CT molecular complexity index is 629. The molecule has 0 saturated heterocycles. The Balaban J connectivity index is 2.34. The van der Waals surface area contributed by atoms with Crippen molar-refractivity contribution in [2.75, 3.05) is 14.2 Å². The second-order valence-electron chi connectivity index (χ2n) is 4.53. The number of ether oxygens (including phenoxy) is 2. The largest absolute Gasteiger partial charge is 0.496 e.